The highest BCUT2D eigenvalue weighted by atomic mass is 32.1. The molecule has 0 saturated heterocycles. The quantitative estimate of drug-likeness (QED) is 0.426. The first-order valence-corrected chi connectivity index (χ1v) is 8.91. The molecule has 0 bridgehead atoms. The second-order valence-electron chi connectivity index (χ2n) is 6.24. The number of nitro groups is 1. The normalized spacial score (nSPS) is 15.9. The van der Waals surface area contributed by atoms with E-state index in [-0.39, 0.29) is 11.7 Å². The van der Waals surface area contributed by atoms with Crippen LogP contribution in [0.1, 0.15) is 17.3 Å². The summed E-state index contributed by atoms with van der Waals surface area (Å²) in [5.74, 6) is 0. The standard InChI is InChI=1S/C19H17N5O2S/c25-24(26)16-7-5-15(6-8-16)21-19(27)23-12-11-22-10-2-4-17(22)18(23)14-3-1-9-20-13-14/h1-10,13,18H,11-12H2,(H,21,27). The van der Waals surface area contributed by atoms with Crippen molar-refractivity contribution in [2.75, 3.05) is 11.9 Å². The summed E-state index contributed by atoms with van der Waals surface area (Å²) in [5.41, 5.74) is 2.99. The molecule has 1 aliphatic heterocycles. The van der Waals surface area contributed by atoms with Gasteiger partial charge in [0.05, 0.1) is 11.0 Å². The molecule has 0 amide bonds. The number of fused-ring (bicyclic) bond motifs is 1. The molecule has 4 rings (SSSR count). The van der Waals surface area contributed by atoms with E-state index in [2.05, 4.69) is 32.0 Å². The highest BCUT2D eigenvalue weighted by Gasteiger charge is 2.30. The highest BCUT2D eigenvalue weighted by Crippen LogP contribution is 2.32. The van der Waals surface area contributed by atoms with Gasteiger partial charge in [-0.25, -0.2) is 0 Å². The smallest absolute Gasteiger partial charge is 0.269 e. The summed E-state index contributed by atoms with van der Waals surface area (Å²) in [7, 11) is 0. The Kier molecular flexibility index (Phi) is 4.55. The Morgan fingerprint density at radius 3 is 2.70 bits per heavy atom. The summed E-state index contributed by atoms with van der Waals surface area (Å²) in [6.45, 7) is 1.58. The van der Waals surface area contributed by atoms with Gasteiger partial charge in [-0.2, -0.15) is 0 Å². The molecule has 27 heavy (non-hydrogen) atoms. The first-order valence-electron chi connectivity index (χ1n) is 8.50. The molecular weight excluding hydrogens is 362 g/mol. The minimum absolute atomic E-state index is 0.0412. The van der Waals surface area contributed by atoms with Crippen molar-refractivity contribution in [2.45, 2.75) is 12.6 Å². The fraction of sp³-hybridized carbons (Fsp3) is 0.158. The lowest BCUT2D eigenvalue weighted by atomic mass is 10.0. The molecule has 3 heterocycles. The van der Waals surface area contributed by atoms with Crippen molar-refractivity contribution in [3.8, 4) is 0 Å². The Hall–Kier alpha value is -3.26. The average Bonchev–Trinajstić information content (AvgIpc) is 3.17. The van der Waals surface area contributed by atoms with E-state index >= 15 is 0 Å². The Morgan fingerprint density at radius 1 is 1.19 bits per heavy atom. The molecule has 3 aromatic rings. The Labute approximate surface area is 161 Å². The monoisotopic (exact) mass is 379 g/mol. The molecular formula is C19H17N5O2S. The van der Waals surface area contributed by atoms with Gasteiger partial charge >= 0.3 is 0 Å². The minimum Gasteiger partial charge on any atom is -0.348 e. The summed E-state index contributed by atoms with van der Waals surface area (Å²) in [5, 5.41) is 14.6. The number of hydrogen-bond acceptors (Lipinski definition) is 4. The van der Waals surface area contributed by atoms with E-state index in [1.165, 1.54) is 12.1 Å². The van der Waals surface area contributed by atoms with E-state index in [9.17, 15) is 10.1 Å². The lowest BCUT2D eigenvalue weighted by Crippen LogP contribution is -2.44. The van der Waals surface area contributed by atoms with Crippen LogP contribution >= 0.6 is 12.2 Å². The molecule has 136 valence electrons. The SMILES string of the molecule is O=[N+]([O-])c1ccc(NC(=S)N2CCn3cccc3C2c2cccnc2)cc1. The predicted octanol–water partition coefficient (Wildman–Crippen LogP) is 3.59. The maximum Gasteiger partial charge on any atom is 0.269 e. The van der Waals surface area contributed by atoms with Crippen molar-refractivity contribution in [1.82, 2.24) is 14.5 Å². The average molecular weight is 379 g/mol. The number of non-ortho nitro benzene ring substituents is 1. The summed E-state index contributed by atoms with van der Waals surface area (Å²) < 4.78 is 2.22. The number of anilines is 1. The summed E-state index contributed by atoms with van der Waals surface area (Å²) >= 11 is 5.67. The predicted molar refractivity (Wildman–Crippen MR) is 107 cm³/mol. The van der Waals surface area contributed by atoms with Crippen LogP contribution in [0.15, 0.2) is 67.1 Å². The van der Waals surface area contributed by atoms with Crippen LogP contribution in [-0.2, 0) is 6.54 Å². The molecule has 0 fully saturated rings. The van der Waals surface area contributed by atoms with Gasteiger partial charge in [0, 0.05) is 55.2 Å². The Morgan fingerprint density at radius 2 is 2.00 bits per heavy atom. The summed E-state index contributed by atoms with van der Waals surface area (Å²) in [6.07, 6.45) is 5.68. The fourth-order valence-electron chi connectivity index (χ4n) is 3.35. The molecule has 8 heteroatoms. The van der Waals surface area contributed by atoms with E-state index in [4.69, 9.17) is 12.2 Å². The number of pyridine rings is 1. The van der Waals surface area contributed by atoms with Crippen molar-refractivity contribution in [3.63, 3.8) is 0 Å². The molecule has 1 atom stereocenters. The Balaban J connectivity index is 1.61. The molecule has 0 saturated carbocycles. The molecule has 1 unspecified atom stereocenters. The largest absolute Gasteiger partial charge is 0.348 e. The Bertz CT molecular complexity index is 971. The van der Waals surface area contributed by atoms with Gasteiger partial charge in [0.25, 0.3) is 5.69 Å². The number of nitrogens with one attached hydrogen (secondary N) is 1. The molecule has 0 aliphatic carbocycles. The minimum atomic E-state index is -0.417. The third-order valence-electron chi connectivity index (χ3n) is 4.63. The number of thiocarbonyl (C=S) groups is 1. The lowest BCUT2D eigenvalue weighted by Gasteiger charge is -2.38. The van der Waals surface area contributed by atoms with Gasteiger partial charge in [0.15, 0.2) is 5.11 Å². The van der Waals surface area contributed by atoms with Crippen LogP contribution < -0.4 is 5.32 Å². The van der Waals surface area contributed by atoms with Crippen LogP contribution in [-0.4, -0.2) is 31.0 Å². The second-order valence-corrected chi connectivity index (χ2v) is 6.63. The third-order valence-corrected chi connectivity index (χ3v) is 4.97. The van der Waals surface area contributed by atoms with E-state index in [0.717, 1.165) is 30.0 Å². The number of nitro benzene ring substituents is 1. The number of benzene rings is 1. The molecule has 7 nitrogen and oxygen atoms in total. The van der Waals surface area contributed by atoms with Crippen LogP contribution in [0.25, 0.3) is 0 Å². The van der Waals surface area contributed by atoms with E-state index in [0.29, 0.717) is 5.11 Å². The first-order chi connectivity index (χ1) is 13.1. The van der Waals surface area contributed by atoms with Crippen molar-refractivity contribution in [3.05, 3.63) is 88.5 Å². The van der Waals surface area contributed by atoms with Gasteiger partial charge in [0.1, 0.15) is 0 Å². The maximum absolute atomic E-state index is 10.8. The van der Waals surface area contributed by atoms with Gasteiger partial charge < -0.3 is 14.8 Å². The van der Waals surface area contributed by atoms with Crippen molar-refractivity contribution < 1.29 is 4.92 Å². The molecule has 0 radical (unpaired) electrons. The maximum atomic E-state index is 10.8. The zero-order valence-electron chi connectivity index (χ0n) is 14.4. The van der Waals surface area contributed by atoms with E-state index in [1.54, 1.807) is 18.3 Å². The van der Waals surface area contributed by atoms with Gasteiger partial charge in [-0.3, -0.25) is 15.1 Å². The summed E-state index contributed by atoms with van der Waals surface area (Å²) in [4.78, 5) is 16.8. The lowest BCUT2D eigenvalue weighted by molar-refractivity contribution is -0.384. The molecule has 0 spiro atoms. The number of hydrogen-bond donors (Lipinski definition) is 1. The van der Waals surface area contributed by atoms with Crippen LogP contribution in [0.2, 0.25) is 0 Å². The molecule has 1 N–H and O–H groups in total. The molecule has 1 aromatic carbocycles. The van der Waals surface area contributed by atoms with Crippen molar-refractivity contribution >= 4 is 28.7 Å². The number of nitrogens with zero attached hydrogens (tertiary/aromatic N) is 4. The van der Waals surface area contributed by atoms with E-state index < -0.39 is 4.92 Å². The third kappa shape index (κ3) is 3.39. The van der Waals surface area contributed by atoms with Gasteiger partial charge in [-0.1, -0.05) is 6.07 Å². The van der Waals surface area contributed by atoms with Crippen molar-refractivity contribution in [2.24, 2.45) is 0 Å². The van der Waals surface area contributed by atoms with Crippen LogP contribution in [0.5, 0.6) is 0 Å². The van der Waals surface area contributed by atoms with Crippen LogP contribution in [0, 0.1) is 10.1 Å². The van der Waals surface area contributed by atoms with Crippen LogP contribution in [0.4, 0.5) is 11.4 Å². The van der Waals surface area contributed by atoms with Gasteiger partial charge in [-0.05, 0) is 48.1 Å². The van der Waals surface area contributed by atoms with Crippen molar-refractivity contribution in [1.29, 1.82) is 0 Å². The topological polar surface area (TPSA) is 76.2 Å². The fourth-order valence-corrected chi connectivity index (χ4v) is 3.67. The van der Waals surface area contributed by atoms with Gasteiger partial charge in [0.2, 0.25) is 0 Å². The molecule has 2 aromatic heterocycles. The zero-order chi connectivity index (χ0) is 18.8. The van der Waals surface area contributed by atoms with Gasteiger partial charge in [-0.15, -0.1) is 0 Å². The number of aromatic nitrogens is 2. The molecule has 1 aliphatic rings. The van der Waals surface area contributed by atoms with Crippen LogP contribution in [0.3, 0.4) is 0 Å². The second kappa shape index (κ2) is 7.16. The summed E-state index contributed by atoms with van der Waals surface area (Å²) in [6, 6.07) is 14.3. The van der Waals surface area contributed by atoms with E-state index in [1.807, 2.05) is 24.4 Å². The number of rotatable bonds is 3. The highest BCUT2D eigenvalue weighted by molar-refractivity contribution is 7.80. The first kappa shape index (κ1) is 17.2. The zero-order valence-corrected chi connectivity index (χ0v) is 15.2.